The number of amidine groups is 1. The van der Waals surface area contributed by atoms with Gasteiger partial charge in [-0.3, -0.25) is 0 Å². The topological polar surface area (TPSA) is 58.7 Å². The standard InChI is InChI=1S/C13H23N3O/c1-5-8-16-12(17)15-11(14)13(16,7-3)9-10(4)6-2/h5,10H,1,6-9H2,2-4H3,(H2,14,15,17). The minimum atomic E-state index is -0.402. The quantitative estimate of drug-likeness (QED) is 0.722. The van der Waals surface area contributed by atoms with Crippen molar-refractivity contribution in [2.75, 3.05) is 6.54 Å². The lowest BCUT2D eigenvalue weighted by Crippen LogP contribution is -2.54. The van der Waals surface area contributed by atoms with Gasteiger partial charge in [-0.15, -0.1) is 6.58 Å². The summed E-state index contributed by atoms with van der Waals surface area (Å²) in [6, 6.07) is -0.229. The van der Waals surface area contributed by atoms with Crippen molar-refractivity contribution in [3.8, 4) is 0 Å². The molecule has 2 amide bonds. The third-order valence-electron chi connectivity index (χ3n) is 3.72. The zero-order chi connectivity index (χ0) is 13.1. The molecule has 2 atom stereocenters. The Kier molecular flexibility index (Phi) is 4.32. The molecule has 17 heavy (non-hydrogen) atoms. The molecule has 1 heterocycles. The Morgan fingerprint density at radius 1 is 1.59 bits per heavy atom. The number of aliphatic imine (C=N–C) groups is 1. The van der Waals surface area contributed by atoms with E-state index in [0.717, 1.165) is 19.3 Å². The second-order valence-electron chi connectivity index (χ2n) is 4.78. The Hall–Kier alpha value is -1.32. The van der Waals surface area contributed by atoms with Crippen molar-refractivity contribution in [2.24, 2.45) is 16.6 Å². The maximum atomic E-state index is 11.8. The van der Waals surface area contributed by atoms with Crippen molar-refractivity contribution in [3.05, 3.63) is 12.7 Å². The van der Waals surface area contributed by atoms with Crippen LogP contribution in [-0.2, 0) is 0 Å². The molecule has 2 N–H and O–H groups in total. The molecule has 0 aromatic rings. The zero-order valence-electron chi connectivity index (χ0n) is 11.1. The maximum absolute atomic E-state index is 11.8. The number of urea groups is 1. The molecule has 0 aromatic carbocycles. The highest BCUT2D eigenvalue weighted by molar-refractivity contribution is 6.05. The number of nitrogens with two attached hydrogens (primary N) is 1. The summed E-state index contributed by atoms with van der Waals surface area (Å²) in [4.78, 5) is 17.5. The second-order valence-corrected chi connectivity index (χ2v) is 4.78. The summed E-state index contributed by atoms with van der Waals surface area (Å²) in [7, 11) is 0. The lowest BCUT2D eigenvalue weighted by Gasteiger charge is -2.38. The first-order valence-electron chi connectivity index (χ1n) is 6.29. The van der Waals surface area contributed by atoms with Gasteiger partial charge < -0.3 is 10.6 Å². The number of carbonyl (C=O) groups excluding carboxylic acids is 1. The third-order valence-corrected chi connectivity index (χ3v) is 3.72. The van der Waals surface area contributed by atoms with E-state index < -0.39 is 5.54 Å². The molecule has 0 radical (unpaired) electrons. The average Bonchev–Trinajstić information content (AvgIpc) is 2.53. The Labute approximate surface area is 104 Å². The Bertz CT molecular complexity index is 338. The van der Waals surface area contributed by atoms with Gasteiger partial charge in [0.05, 0.1) is 0 Å². The normalized spacial score (nSPS) is 25.9. The van der Waals surface area contributed by atoms with Crippen LogP contribution in [0.5, 0.6) is 0 Å². The summed E-state index contributed by atoms with van der Waals surface area (Å²) in [6.07, 6.45) is 4.47. The lowest BCUT2D eigenvalue weighted by atomic mass is 9.83. The van der Waals surface area contributed by atoms with E-state index in [9.17, 15) is 4.79 Å². The smallest absolute Gasteiger partial charge is 0.346 e. The molecular formula is C13H23N3O. The van der Waals surface area contributed by atoms with Crippen molar-refractivity contribution in [3.63, 3.8) is 0 Å². The van der Waals surface area contributed by atoms with Gasteiger partial charge in [-0.05, 0) is 18.8 Å². The molecule has 1 aliphatic heterocycles. The molecular weight excluding hydrogens is 214 g/mol. The molecule has 0 fully saturated rings. The first-order chi connectivity index (χ1) is 8.01. The number of carbonyl (C=O) groups is 1. The number of hydrogen-bond acceptors (Lipinski definition) is 2. The fraction of sp³-hybridized carbons (Fsp3) is 0.692. The van der Waals surface area contributed by atoms with Gasteiger partial charge in [0.1, 0.15) is 11.4 Å². The Morgan fingerprint density at radius 2 is 2.24 bits per heavy atom. The molecule has 1 rings (SSSR count). The van der Waals surface area contributed by atoms with E-state index >= 15 is 0 Å². The van der Waals surface area contributed by atoms with Gasteiger partial charge >= 0.3 is 6.03 Å². The van der Waals surface area contributed by atoms with Crippen molar-refractivity contribution < 1.29 is 4.79 Å². The van der Waals surface area contributed by atoms with Crippen molar-refractivity contribution >= 4 is 11.9 Å². The molecule has 0 aliphatic carbocycles. The molecule has 96 valence electrons. The number of hydrogen-bond donors (Lipinski definition) is 1. The maximum Gasteiger partial charge on any atom is 0.346 e. The van der Waals surface area contributed by atoms with Gasteiger partial charge in [0.2, 0.25) is 0 Å². The van der Waals surface area contributed by atoms with E-state index in [1.54, 1.807) is 11.0 Å². The van der Waals surface area contributed by atoms with Gasteiger partial charge in [-0.2, -0.15) is 4.99 Å². The summed E-state index contributed by atoms with van der Waals surface area (Å²) in [5, 5.41) is 0. The highest BCUT2D eigenvalue weighted by Crippen LogP contribution is 2.33. The van der Waals surface area contributed by atoms with Crippen LogP contribution in [0.3, 0.4) is 0 Å². The van der Waals surface area contributed by atoms with Crippen LogP contribution in [0.2, 0.25) is 0 Å². The van der Waals surface area contributed by atoms with Crippen LogP contribution < -0.4 is 5.73 Å². The van der Waals surface area contributed by atoms with Gasteiger partial charge in [-0.1, -0.05) is 33.3 Å². The molecule has 4 heteroatoms. The lowest BCUT2D eigenvalue weighted by molar-refractivity contribution is 0.160. The van der Waals surface area contributed by atoms with E-state index in [0.29, 0.717) is 18.3 Å². The van der Waals surface area contributed by atoms with Crippen LogP contribution >= 0.6 is 0 Å². The van der Waals surface area contributed by atoms with Gasteiger partial charge in [0.25, 0.3) is 0 Å². The largest absolute Gasteiger partial charge is 0.385 e. The summed E-state index contributed by atoms with van der Waals surface area (Å²) >= 11 is 0. The molecule has 0 spiro atoms. The summed E-state index contributed by atoms with van der Waals surface area (Å²) in [5.41, 5.74) is 5.59. The highest BCUT2D eigenvalue weighted by Gasteiger charge is 2.46. The average molecular weight is 237 g/mol. The minimum Gasteiger partial charge on any atom is -0.385 e. The molecule has 2 unspecified atom stereocenters. The van der Waals surface area contributed by atoms with Crippen molar-refractivity contribution in [1.29, 1.82) is 0 Å². The predicted octanol–water partition coefficient (Wildman–Crippen LogP) is 2.55. The van der Waals surface area contributed by atoms with Crippen LogP contribution in [0.4, 0.5) is 4.79 Å². The highest BCUT2D eigenvalue weighted by atomic mass is 16.2. The van der Waals surface area contributed by atoms with Crippen molar-refractivity contribution in [2.45, 2.75) is 45.6 Å². The number of amides is 2. The Morgan fingerprint density at radius 3 is 2.71 bits per heavy atom. The third kappa shape index (κ3) is 2.35. The van der Waals surface area contributed by atoms with E-state index in [1.165, 1.54) is 0 Å². The predicted molar refractivity (Wildman–Crippen MR) is 71.0 cm³/mol. The zero-order valence-corrected chi connectivity index (χ0v) is 11.1. The van der Waals surface area contributed by atoms with Crippen LogP contribution in [0.25, 0.3) is 0 Å². The SMILES string of the molecule is C=CCN1C(=O)N=C(N)C1(CC)CC(C)CC. The molecule has 0 aromatic heterocycles. The fourth-order valence-electron chi connectivity index (χ4n) is 2.42. The van der Waals surface area contributed by atoms with Crippen LogP contribution in [0.1, 0.15) is 40.0 Å². The molecule has 0 saturated carbocycles. The van der Waals surface area contributed by atoms with Crippen LogP contribution in [0.15, 0.2) is 17.6 Å². The fourth-order valence-corrected chi connectivity index (χ4v) is 2.42. The second kappa shape index (κ2) is 5.34. The van der Waals surface area contributed by atoms with Gasteiger partial charge in [0, 0.05) is 6.54 Å². The van der Waals surface area contributed by atoms with E-state index in [1.807, 2.05) is 0 Å². The minimum absolute atomic E-state index is 0.229. The van der Waals surface area contributed by atoms with Crippen molar-refractivity contribution in [1.82, 2.24) is 4.90 Å². The monoisotopic (exact) mass is 237 g/mol. The first kappa shape index (κ1) is 13.7. The van der Waals surface area contributed by atoms with Crippen LogP contribution in [0, 0.1) is 5.92 Å². The van der Waals surface area contributed by atoms with E-state index in [2.05, 4.69) is 32.3 Å². The van der Waals surface area contributed by atoms with Gasteiger partial charge in [-0.25, -0.2) is 4.79 Å². The number of rotatable bonds is 6. The van der Waals surface area contributed by atoms with E-state index in [4.69, 9.17) is 5.73 Å². The molecule has 0 saturated heterocycles. The Balaban J connectivity index is 3.03. The van der Waals surface area contributed by atoms with E-state index in [-0.39, 0.29) is 6.03 Å². The molecule has 4 nitrogen and oxygen atoms in total. The molecule has 1 aliphatic rings. The molecule has 0 bridgehead atoms. The summed E-state index contributed by atoms with van der Waals surface area (Å²) in [6.45, 7) is 10.6. The summed E-state index contributed by atoms with van der Waals surface area (Å²) < 4.78 is 0. The summed E-state index contributed by atoms with van der Waals surface area (Å²) in [5.74, 6) is 0.981. The van der Waals surface area contributed by atoms with Crippen LogP contribution in [-0.4, -0.2) is 28.9 Å². The number of nitrogens with zero attached hydrogens (tertiary/aromatic N) is 2. The first-order valence-corrected chi connectivity index (χ1v) is 6.29. The van der Waals surface area contributed by atoms with Gasteiger partial charge in [0.15, 0.2) is 0 Å².